The van der Waals surface area contributed by atoms with E-state index in [1.807, 2.05) is 19.1 Å². The van der Waals surface area contributed by atoms with Crippen molar-refractivity contribution >= 4 is 23.0 Å². The lowest BCUT2D eigenvalue weighted by atomic mass is 10.1. The number of nitrogen functional groups attached to an aromatic ring is 1. The molecule has 0 fully saturated rings. The number of aryl methyl sites for hydroxylation is 1. The van der Waals surface area contributed by atoms with Crippen molar-refractivity contribution < 1.29 is 9.53 Å². The number of rotatable bonds is 4. The maximum Gasteiger partial charge on any atom is 0.338 e. The van der Waals surface area contributed by atoms with Crippen molar-refractivity contribution in [3.05, 3.63) is 47.8 Å². The van der Waals surface area contributed by atoms with Crippen molar-refractivity contribution in [2.75, 3.05) is 17.7 Å². The van der Waals surface area contributed by atoms with E-state index in [1.165, 1.54) is 0 Å². The van der Waals surface area contributed by atoms with E-state index in [4.69, 9.17) is 10.5 Å². The quantitative estimate of drug-likeness (QED) is 0.660. The number of carbonyl (C=O) groups excluding carboxylic acids is 1. The first-order valence-electron chi connectivity index (χ1n) is 6.37. The Hall–Kier alpha value is -2.56. The first-order chi connectivity index (χ1) is 9.61. The summed E-state index contributed by atoms with van der Waals surface area (Å²) in [5.41, 5.74) is 9.31. The molecule has 0 amide bonds. The number of aromatic nitrogens is 1. The van der Waals surface area contributed by atoms with Crippen LogP contribution in [0.15, 0.2) is 36.5 Å². The minimum absolute atomic E-state index is 0.341. The summed E-state index contributed by atoms with van der Waals surface area (Å²) in [7, 11) is 0. The summed E-state index contributed by atoms with van der Waals surface area (Å²) in [5, 5.41) is 3.18. The van der Waals surface area contributed by atoms with E-state index in [1.54, 1.807) is 31.3 Å². The van der Waals surface area contributed by atoms with Gasteiger partial charge in [0.2, 0.25) is 0 Å². The van der Waals surface area contributed by atoms with Crippen molar-refractivity contribution in [1.29, 1.82) is 0 Å². The summed E-state index contributed by atoms with van der Waals surface area (Å²) < 4.78 is 4.98. The van der Waals surface area contributed by atoms with Gasteiger partial charge in [-0.05, 0) is 44.2 Å². The number of nitrogens with zero attached hydrogens (tertiary/aromatic N) is 1. The van der Waals surface area contributed by atoms with Crippen molar-refractivity contribution in [2.45, 2.75) is 13.8 Å². The van der Waals surface area contributed by atoms with Gasteiger partial charge in [-0.1, -0.05) is 0 Å². The van der Waals surface area contributed by atoms with Gasteiger partial charge in [0, 0.05) is 6.20 Å². The van der Waals surface area contributed by atoms with Gasteiger partial charge in [-0.15, -0.1) is 0 Å². The minimum atomic E-state index is -0.363. The summed E-state index contributed by atoms with van der Waals surface area (Å²) in [6.07, 6.45) is 1.72. The Morgan fingerprint density at radius 2 is 2.15 bits per heavy atom. The Balaban J connectivity index is 2.30. The lowest BCUT2D eigenvalue weighted by molar-refractivity contribution is 0.0526. The van der Waals surface area contributed by atoms with Gasteiger partial charge in [-0.3, -0.25) is 4.98 Å². The minimum Gasteiger partial charge on any atom is -0.462 e. The Morgan fingerprint density at radius 3 is 2.85 bits per heavy atom. The maximum atomic E-state index is 11.7. The van der Waals surface area contributed by atoms with Gasteiger partial charge in [0.15, 0.2) is 0 Å². The number of nitrogens with two attached hydrogens (primary N) is 1. The van der Waals surface area contributed by atoms with Gasteiger partial charge in [0.25, 0.3) is 0 Å². The van der Waals surface area contributed by atoms with E-state index < -0.39 is 0 Å². The largest absolute Gasteiger partial charge is 0.462 e. The van der Waals surface area contributed by atoms with Crippen LogP contribution in [-0.4, -0.2) is 17.6 Å². The molecule has 20 heavy (non-hydrogen) atoms. The molecule has 0 saturated heterocycles. The molecule has 1 aromatic carbocycles. The fourth-order valence-electron chi connectivity index (χ4n) is 1.77. The van der Waals surface area contributed by atoms with Crippen LogP contribution in [0.2, 0.25) is 0 Å². The number of anilines is 3. The second-order valence-electron chi connectivity index (χ2n) is 4.28. The molecule has 0 aliphatic carbocycles. The molecular formula is C15H17N3O2. The highest BCUT2D eigenvalue weighted by Gasteiger charge is 2.10. The normalized spacial score (nSPS) is 10.1. The molecular weight excluding hydrogens is 254 g/mol. The number of hydrogen-bond donors (Lipinski definition) is 2. The van der Waals surface area contributed by atoms with E-state index in [-0.39, 0.29) is 5.97 Å². The molecule has 2 rings (SSSR count). The molecule has 5 nitrogen and oxygen atoms in total. The summed E-state index contributed by atoms with van der Waals surface area (Å²) in [6, 6.07) is 8.74. The average molecular weight is 271 g/mol. The van der Waals surface area contributed by atoms with Crippen LogP contribution in [0.4, 0.5) is 17.1 Å². The summed E-state index contributed by atoms with van der Waals surface area (Å²) in [5.74, 6) is -0.363. The lowest BCUT2D eigenvalue weighted by Gasteiger charge is -2.12. The van der Waals surface area contributed by atoms with E-state index in [0.29, 0.717) is 23.5 Å². The number of esters is 1. The van der Waals surface area contributed by atoms with E-state index in [2.05, 4.69) is 10.3 Å². The Kier molecular flexibility index (Phi) is 4.20. The lowest BCUT2D eigenvalue weighted by Crippen LogP contribution is -2.06. The zero-order valence-corrected chi connectivity index (χ0v) is 11.5. The third-order valence-electron chi connectivity index (χ3n) is 2.84. The monoisotopic (exact) mass is 271 g/mol. The first kappa shape index (κ1) is 13.9. The number of carbonyl (C=O) groups is 1. The SMILES string of the molecule is CCOC(=O)c1ccc(N)c(Nc2cccnc2C)c1. The Bertz CT molecular complexity index is 626. The number of benzene rings is 1. The smallest absolute Gasteiger partial charge is 0.338 e. The third-order valence-corrected chi connectivity index (χ3v) is 2.84. The molecule has 0 radical (unpaired) electrons. The van der Waals surface area contributed by atoms with Crippen LogP contribution >= 0.6 is 0 Å². The number of nitrogens with one attached hydrogen (secondary N) is 1. The van der Waals surface area contributed by atoms with Gasteiger partial charge in [0.1, 0.15) is 0 Å². The van der Waals surface area contributed by atoms with Crippen molar-refractivity contribution in [3.8, 4) is 0 Å². The van der Waals surface area contributed by atoms with Crippen molar-refractivity contribution in [3.63, 3.8) is 0 Å². The predicted molar refractivity (Wildman–Crippen MR) is 79.1 cm³/mol. The van der Waals surface area contributed by atoms with Gasteiger partial charge < -0.3 is 15.8 Å². The summed E-state index contributed by atoms with van der Waals surface area (Å²) in [4.78, 5) is 15.9. The zero-order chi connectivity index (χ0) is 14.5. The molecule has 3 N–H and O–H groups in total. The van der Waals surface area contributed by atoms with Gasteiger partial charge in [-0.25, -0.2) is 4.79 Å². The third kappa shape index (κ3) is 3.06. The summed E-state index contributed by atoms with van der Waals surface area (Å²) >= 11 is 0. The Morgan fingerprint density at radius 1 is 1.35 bits per heavy atom. The van der Waals surface area contributed by atoms with Crippen LogP contribution in [0.25, 0.3) is 0 Å². The van der Waals surface area contributed by atoms with Gasteiger partial charge in [-0.2, -0.15) is 0 Å². The van der Waals surface area contributed by atoms with E-state index >= 15 is 0 Å². The van der Waals surface area contributed by atoms with Gasteiger partial charge >= 0.3 is 5.97 Å². The molecule has 0 atom stereocenters. The molecule has 5 heteroatoms. The first-order valence-corrected chi connectivity index (χ1v) is 6.37. The average Bonchev–Trinajstić information content (AvgIpc) is 2.44. The molecule has 0 spiro atoms. The standard InChI is InChI=1S/C15H17N3O2/c1-3-20-15(19)11-6-7-12(16)14(9-11)18-13-5-4-8-17-10(13)2/h4-9,18H,3,16H2,1-2H3. The molecule has 104 valence electrons. The fourth-order valence-corrected chi connectivity index (χ4v) is 1.77. The molecule has 0 unspecified atom stereocenters. The highest BCUT2D eigenvalue weighted by Crippen LogP contribution is 2.25. The van der Waals surface area contributed by atoms with Gasteiger partial charge in [0.05, 0.1) is 34.9 Å². The van der Waals surface area contributed by atoms with Crippen LogP contribution in [-0.2, 0) is 4.74 Å². The number of ether oxygens (including phenoxy) is 1. The van der Waals surface area contributed by atoms with E-state index in [9.17, 15) is 4.79 Å². The highest BCUT2D eigenvalue weighted by molar-refractivity contribution is 5.92. The molecule has 0 aliphatic heterocycles. The maximum absolute atomic E-state index is 11.7. The summed E-state index contributed by atoms with van der Waals surface area (Å²) in [6.45, 7) is 4.01. The Labute approximate surface area is 117 Å². The molecule has 1 heterocycles. The van der Waals surface area contributed by atoms with Crippen LogP contribution < -0.4 is 11.1 Å². The second kappa shape index (κ2) is 6.06. The van der Waals surface area contributed by atoms with Crippen molar-refractivity contribution in [2.24, 2.45) is 0 Å². The fraction of sp³-hybridized carbons (Fsp3) is 0.200. The molecule has 1 aromatic heterocycles. The van der Waals surface area contributed by atoms with Crippen LogP contribution in [0.3, 0.4) is 0 Å². The van der Waals surface area contributed by atoms with Crippen LogP contribution in [0.5, 0.6) is 0 Å². The van der Waals surface area contributed by atoms with Crippen LogP contribution in [0.1, 0.15) is 23.0 Å². The second-order valence-corrected chi connectivity index (χ2v) is 4.28. The van der Waals surface area contributed by atoms with Crippen LogP contribution in [0, 0.1) is 6.92 Å². The molecule has 0 aliphatic rings. The van der Waals surface area contributed by atoms with Crippen molar-refractivity contribution in [1.82, 2.24) is 4.98 Å². The van der Waals surface area contributed by atoms with E-state index in [0.717, 1.165) is 11.4 Å². The number of pyridine rings is 1. The molecule has 0 saturated carbocycles. The molecule has 0 bridgehead atoms. The highest BCUT2D eigenvalue weighted by atomic mass is 16.5. The number of hydrogen-bond acceptors (Lipinski definition) is 5. The molecule has 2 aromatic rings. The topological polar surface area (TPSA) is 77.2 Å². The zero-order valence-electron chi connectivity index (χ0n) is 11.5. The predicted octanol–water partition coefficient (Wildman–Crippen LogP) is 2.89.